The molecule has 5 nitrogen and oxygen atoms in total. The van der Waals surface area contributed by atoms with Crippen LogP contribution < -0.4 is 5.32 Å². The lowest BCUT2D eigenvalue weighted by molar-refractivity contribution is -0.120. The zero-order valence-corrected chi connectivity index (χ0v) is 16.6. The second-order valence-electron chi connectivity index (χ2n) is 6.22. The van der Waals surface area contributed by atoms with Crippen LogP contribution in [0.2, 0.25) is 0 Å². The first-order valence-corrected chi connectivity index (χ1v) is 10.5. The molecular weight excluding hydrogens is 442 g/mol. The maximum Gasteiger partial charge on any atom is 0.245 e. The molecule has 0 saturated carbocycles. The summed E-state index contributed by atoms with van der Waals surface area (Å²) >= 11 is 3.19. The van der Waals surface area contributed by atoms with Crippen LogP contribution >= 0.6 is 15.9 Å². The van der Waals surface area contributed by atoms with Gasteiger partial charge in [-0.25, -0.2) is 17.2 Å². The van der Waals surface area contributed by atoms with E-state index >= 15 is 0 Å². The lowest BCUT2D eigenvalue weighted by Gasteiger charge is -2.30. The van der Waals surface area contributed by atoms with Gasteiger partial charge < -0.3 is 5.32 Å². The average Bonchev–Trinajstić information content (AvgIpc) is 2.64. The number of nitrogens with one attached hydrogen (secondary N) is 1. The number of carbonyl (C=O) groups is 1. The van der Waals surface area contributed by atoms with E-state index in [0.29, 0.717) is 23.0 Å². The Bertz CT molecular complexity index is 961. The van der Waals surface area contributed by atoms with Crippen molar-refractivity contribution in [2.45, 2.75) is 17.7 Å². The molecule has 0 bridgehead atoms. The van der Waals surface area contributed by atoms with E-state index in [9.17, 15) is 22.0 Å². The van der Waals surface area contributed by atoms with E-state index in [2.05, 4.69) is 21.2 Å². The zero-order valence-electron chi connectivity index (χ0n) is 14.2. The molecule has 1 N–H and O–H groups in total. The predicted molar refractivity (Wildman–Crippen MR) is 101 cm³/mol. The summed E-state index contributed by atoms with van der Waals surface area (Å²) in [5.41, 5.74) is 0.447. The Kier molecular flexibility index (Phi) is 5.92. The lowest BCUT2D eigenvalue weighted by Crippen LogP contribution is -2.41. The third kappa shape index (κ3) is 4.36. The number of hydrogen-bond acceptors (Lipinski definition) is 3. The molecule has 27 heavy (non-hydrogen) atoms. The number of rotatable bonds is 4. The highest BCUT2D eigenvalue weighted by molar-refractivity contribution is 9.10. The highest BCUT2D eigenvalue weighted by atomic mass is 79.9. The molecule has 0 atom stereocenters. The van der Waals surface area contributed by atoms with Gasteiger partial charge in [0.1, 0.15) is 16.5 Å². The van der Waals surface area contributed by atoms with Gasteiger partial charge in [0, 0.05) is 23.5 Å². The van der Waals surface area contributed by atoms with Crippen LogP contribution in [0.3, 0.4) is 0 Å². The molecule has 0 unspecified atom stereocenters. The van der Waals surface area contributed by atoms with Crippen LogP contribution in [-0.2, 0) is 14.8 Å². The van der Waals surface area contributed by atoms with Crippen molar-refractivity contribution >= 4 is 37.5 Å². The number of hydrogen-bond donors (Lipinski definition) is 1. The Morgan fingerprint density at radius 3 is 2.41 bits per heavy atom. The molecule has 1 fully saturated rings. The fourth-order valence-corrected chi connectivity index (χ4v) is 4.96. The van der Waals surface area contributed by atoms with Crippen molar-refractivity contribution < 1.29 is 22.0 Å². The molecule has 0 aliphatic carbocycles. The highest BCUT2D eigenvalue weighted by Gasteiger charge is 2.33. The second-order valence-corrected chi connectivity index (χ2v) is 8.98. The first kappa shape index (κ1) is 19.9. The summed E-state index contributed by atoms with van der Waals surface area (Å²) in [7, 11) is -3.93. The molecule has 0 aromatic heterocycles. The predicted octanol–water partition coefficient (Wildman–Crippen LogP) is 3.77. The van der Waals surface area contributed by atoms with E-state index in [1.54, 1.807) is 0 Å². The Hall–Kier alpha value is -1.84. The largest absolute Gasteiger partial charge is 0.325 e. The van der Waals surface area contributed by atoms with Crippen LogP contribution in [0.15, 0.2) is 51.8 Å². The van der Waals surface area contributed by atoms with E-state index in [4.69, 9.17) is 0 Å². The van der Waals surface area contributed by atoms with Crippen LogP contribution in [0.25, 0.3) is 0 Å². The highest BCUT2D eigenvalue weighted by Crippen LogP contribution is 2.28. The van der Waals surface area contributed by atoms with Crippen molar-refractivity contribution in [3.8, 4) is 0 Å². The summed E-state index contributed by atoms with van der Waals surface area (Å²) in [6, 6.07) is 9.18. The Labute approximate surface area is 164 Å². The molecular formula is C18H17BrF2N2O3S. The van der Waals surface area contributed by atoms with E-state index in [1.165, 1.54) is 40.7 Å². The standard InChI is InChI=1S/C18H17BrF2N2O3S/c19-14-11-13(20)5-6-16(14)22-18(24)12-7-9-23(10-8-12)27(25,26)17-4-2-1-3-15(17)21/h1-6,11-12H,7-10H2,(H,22,24). The van der Waals surface area contributed by atoms with Crippen molar-refractivity contribution in [1.82, 2.24) is 4.31 Å². The number of carbonyl (C=O) groups excluding carboxylic acids is 1. The molecule has 0 radical (unpaired) electrons. The van der Waals surface area contributed by atoms with Gasteiger partial charge in [-0.3, -0.25) is 4.79 Å². The average molecular weight is 459 g/mol. The minimum Gasteiger partial charge on any atom is -0.325 e. The number of piperidine rings is 1. The summed E-state index contributed by atoms with van der Waals surface area (Å²) < 4.78 is 53.8. The lowest BCUT2D eigenvalue weighted by atomic mass is 9.97. The van der Waals surface area contributed by atoms with Crippen LogP contribution in [0, 0.1) is 17.6 Å². The first-order valence-electron chi connectivity index (χ1n) is 8.29. The number of sulfonamides is 1. The van der Waals surface area contributed by atoms with Gasteiger partial charge in [0.2, 0.25) is 15.9 Å². The monoisotopic (exact) mass is 458 g/mol. The van der Waals surface area contributed by atoms with Crippen LogP contribution in [0.5, 0.6) is 0 Å². The number of benzene rings is 2. The molecule has 1 saturated heterocycles. The molecule has 2 aromatic carbocycles. The van der Waals surface area contributed by atoms with Crippen molar-refractivity contribution in [3.05, 3.63) is 58.6 Å². The molecule has 3 rings (SSSR count). The summed E-state index contributed by atoms with van der Waals surface area (Å²) in [4.78, 5) is 12.1. The Morgan fingerprint density at radius 2 is 1.78 bits per heavy atom. The second kappa shape index (κ2) is 8.04. The van der Waals surface area contributed by atoms with Gasteiger partial charge in [-0.1, -0.05) is 12.1 Å². The van der Waals surface area contributed by atoms with E-state index < -0.39 is 21.7 Å². The first-order chi connectivity index (χ1) is 12.8. The molecule has 1 aliphatic rings. The normalized spacial score (nSPS) is 16.3. The van der Waals surface area contributed by atoms with E-state index in [1.807, 2.05) is 0 Å². The maximum absolute atomic E-state index is 13.9. The third-order valence-electron chi connectivity index (χ3n) is 4.47. The summed E-state index contributed by atoms with van der Waals surface area (Å²) in [5, 5.41) is 2.72. The smallest absolute Gasteiger partial charge is 0.245 e. The summed E-state index contributed by atoms with van der Waals surface area (Å²) in [6.45, 7) is 0.249. The number of halogens is 3. The van der Waals surface area contributed by atoms with Gasteiger partial charge >= 0.3 is 0 Å². The SMILES string of the molecule is O=C(Nc1ccc(F)cc1Br)C1CCN(S(=O)(=O)c2ccccc2F)CC1. The minimum absolute atomic E-state index is 0.124. The van der Waals surface area contributed by atoms with Gasteiger partial charge in [0.25, 0.3) is 0 Å². The molecule has 144 valence electrons. The molecule has 1 heterocycles. The fourth-order valence-electron chi connectivity index (χ4n) is 2.98. The van der Waals surface area contributed by atoms with Gasteiger partial charge in [0.05, 0.1) is 5.69 Å². The van der Waals surface area contributed by atoms with Gasteiger partial charge in [0.15, 0.2) is 0 Å². The topological polar surface area (TPSA) is 66.5 Å². The number of amides is 1. The quantitative estimate of drug-likeness (QED) is 0.758. The van der Waals surface area contributed by atoms with Crippen LogP contribution in [0.4, 0.5) is 14.5 Å². The molecule has 9 heteroatoms. The zero-order chi connectivity index (χ0) is 19.6. The van der Waals surface area contributed by atoms with E-state index in [0.717, 1.165) is 6.07 Å². The maximum atomic E-state index is 13.9. The fraction of sp³-hybridized carbons (Fsp3) is 0.278. The van der Waals surface area contributed by atoms with Crippen LogP contribution in [0.1, 0.15) is 12.8 Å². The molecule has 1 amide bonds. The van der Waals surface area contributed by atoms with Crippen molar-refractivity contribution in [2.75, 3.05) is 18.4 Å². The minimum atomic E-state index is -3.93. The molecule has 1 aliphatic heterocycles. The van der Waals surface area contributed by atoms with Crippen LogP contribution in [-0.4, -0.2) is 31.7 Å². The molecule has 2 aromatic rings. The number of nitrogens with zero attached hydrogens (tertiary/aromatic N) is 1. The molecule has 0 spiro atoms. The summed E-state index contributed by atoms with van der Waals surface area (Å²) in [5.74, 6) is -1.86. The Morgan fingerprint density at radius 1 is 1.11 bits per heavy atom. The summed E-state index contributed by atoms with van der Waals surface area (Å²) in [6.07, 6.45) is 0.636. The van der Waals surface area contributed by atoms with Crippen molar-refractivity contribution in [1.29, 1.82) is 0 Å². The van der Waals surface area contributed by atoms with E-state index in [-0.39, 0.29) is 29.8 Å². The third-order valence-corrected chi connectivity index (χ3v) is 7.06. The van der Waals surface area contributed by atoms with Crippen molar-refractivity contribution in [2.24, 2.45) is 5.92 Å². The Balaban J connectivity index is 1.65. The number of anilines is 1. The van der Waals surface area contributed by atoms with Crippen molar-refractivity contribution in [3.63, 3.8) is 0 Å². The van der Waals surface area contributed by atoms with Gasteiger partial charge in [-0.2, -0.15) is 4.31 Å². The van der Waals surface area contributed by atoms with Gasteiger partial charge in [-0.05, 0) is 59.1 Å². The van der Waals surface area contributed by atoms with Gasteiger partial charge in [-0.15, -0.1) is 0 Å².